The number of nitrogens with zero attached hydrogens (tertiary/aromatic N) is 1. The predicted octanol–water partition coefficient (Wildman–Crippen LogP) is 5.26. The standard InChI is InChI=1S/C21H28BrNO3/c1-15(2)10-8-9-13-17(22)19(24)23-18(21(3,4)26-20(23)25)14-16-11-6-5-7-12-16/h5-7,10-12,17-18H,8-9,13-14H2,1-4H3/t17?,18-/m0/s1. The lowest BCUT2D eigenvalue weighted by Gasteiger charge is -2.29. The van der Waals surface area contributed by atoms with Crippen molar-refractivity contribution in [2.75, 3.05) is 0 Å². The Morgan fingerprint density at radius 2 is 1.96 bits per heavy atom. The fourth-order valence-electron chi connectivity index (χ4n) is 3.16. The molecule has 0 aromatic heterocycles. The number of alkyl halides is 1. The lowest BCUT2D eigenvalue weighted by molar-refractivity contribution is -0.129. The molecule has 1 fully saturated rings. The monoisotopic (exact) mass is 421 g/mol. The maximum absolute atomic E-state index is 12.9. The molecule has 4 nitrogen and oxygen atoms in total. The molecule has 1 heterocycles. The Kier molecular flexibility index (Phi) is 7.04. The summed E-state index contributed by atoms with van der Waals surface area (Å²) >= 11 is 3.48. The van der Waals surface area contributed by atoms with E-state index in [1.165, 1.54) is 10.5 Å². The molecule has 1 aromatic rings. The van der Waals surface area contributed by atoms with Gasteiger partial charge in [-0.05, 0) is 58.9 Å². The molecule has 1 aromatic carbocycles. The highest BCUT2D eigenvalue weighted by Crippen LogP contribution is 2.33. The van der Waals surface area contributed by atoms with Crippen molar-refractivity contribution in [3.05, 3.63) is 47.5 Å². The maximum Gasteiger partial charge on any atom is 0.417 e. The number of carbonyl (C=O) groups is 2. The summed E-state index contributed by atoms with van der Waals surface area (Å²) in [6.45, 7) is 7.86. The number of amides is 2. The summed E-state index contributed by atoms with van der Waals surface area (Å²) in [4.78, 5) is 26.3. The number of hydrogen-bond donors (Lipinski definition) is 0. The number of ether oxygens (including phenoxy) is 1. The van der Waals surface area contributed by atoms with Crippen LogP contribution < -0.4 is 0 Å². The van der Waals surface area contributed by atoms with Gasteiger partial charge in [-0.3, -0.25) is 4.79 Å². The number of halogens is 1. The number of allylic oxidation sites excluding steroid dienone is 2. The quantitative estimate of drug-likeness (QED) is 0.342. The molecule has 1 saturated heterocycles. The van der Waals surface area contributed by atoms with Gasteiger partial charge in [0.2, 0.25) is 5.91 Å². The molecule has 1 aliphatic heterocycles. The van der Waals surface area contributed by atoms with Gasteiger partial charge in [0.25, 0.3) is 0 Å². The molecule has 0 spiro atoms. The second kappa shape index (κ2) is 8.85. The minimum absolute atomic E-state index is 0.210. The zero-order chi connectivity index (χ0) is 19.3. The van der Waals surface area contributed by atoms with Crippen LogP contribution in [0.4, 0.5) is 4.79 Å². The Morgan fingerprint density at radius 1 is 1.31 bits per heavy atom. The van der Waals surface area contributed by atoms with Gasteiger partial charge in [0.05, 0.1) is 10.9 Å². The Hall–Kier alpha value is -1.62. The van der Waals surface area contributed by atoms with Crippen molar-refractivity contribution in [1.82, 2.24) is 4.90 Å². The van der Waals surface area contributed by atoms with Gasteiger partial charge in [0, 0.05) is 0 Å². The van der Waals surface area contributed by atoms with Gasteiger partial charge >= 0.3 is 6.09 Å². The molecule has 142 valence electrons. The van der Waals surface area contributed by atoms with Crippen molar-refractivity contribution in [1.29, 1.82) is 0 Å². The Labute approximate surface area is 164 Å². The first kappa shape index (κ1) is 20.7. The fraction of sp³-hybridized carbons (Fsp3) is 0.524. The van der Waals surface area contributed by atoms with Crippen molar-refractivity contribution in [3.8, 4) is 0 Å². The summed E-state index contributed by atoms with van der Waals surface area (Å²) in [7, 11) is 0. The van der Waals surface area contributed by atoms with Gasteiger partial charge in [-0.2, -0.15) is 0 Å². The smallest absolute Gasteiger partial charge is 0.417 e. The summed E-state index contributed by atoms with van der Waals surface area (Å²) < 4.78 is 5.51. The van der Waals surface area contributed by atoms with Crippen LogP contribution in [0.3, 0.4) is 0 Å². The van der Waals surface area contributed by atoms with Crippen molar-refractivity contribution >= 4 is 27.9 Å². The van der Waals surface area contributed by atoms with Crippen molar-refractivity contribution in [2.45, 2.75) is 69.8 Å². The predicted molar refractivity (Wildman–Crippen MR) is 107 cm³/mol. The maximum atomic E-state index is 12.9. The molecular weight excluding hydrogens is 394 g/mol. The number of unbranched alkanes of at least 4 members (excludes halogenated alkanes) is 1. The van der Waals surface area contributed by atoms with Crippen molar-refractivity contribution in [3.63, 3.8) is 0 Å². The van der Waals surface area contributed by atoms with Crippen LogP contribution in [0.15, 0.2) is 42.0 Å². The molecule has 0 radical (unpaired) electrons. The van der Waals surface area contributed by atoms with Crippen LogP contribution in [0.1, 0.15) is 52.5 Å². The van der Waals surface area contributed by atoms with E-state index >= 15 is 0 Å². The van der Waals surface area contributed by atoms with E-state index in [4.69, 9.17) is 4.74 Å². The third kappa shape index (κ3) is 5.19. The zero-order valence-corrected chi connectivity index (χ0v) is 17.6. The van der Waals surface area contributed by atoms with E-state index in [9.17, 15) is 9.59 Å². The van der Waals surface area contributed by atoms with Gasteiger partial charge in [-0.25, -0.2) is 9.69 Å². The van der Waals surface area contributed by atoms with Crippen molar-refractivity contribution < 1.29 is 14.3 Å². The van der Waals surface area contributed by atoms with E-state index in [0.717, 1.165) is 18.4 Å². The highest BCUT2D eigenvalue weighted by atomic mass is 79.9. The molecule has 2 atom stereocenters. The molecule has 0 saturated carbocycles. The normalized spacial score (nSPS) is 19.8. The summed E-state index contributed by atoms with van der Waals surface area (Å²) in [6, 6.07) is 9.57. The Morgan fingerprint density at radius 3 is 2.58 bits per heavy atom. The van der Waals surface area contributed by atoms with Crippen LogP contribution in [0.2, 0.25) is 0 Å². The SMILES string of the molecule is CC(C)=CCCCC(Br)C(=O)N1C(=O)OC(C)(C)[C@@H]1Cc1ccccc1. The highest BCUT2D eigenvalue weighted by molar-refractivity contribution is 9.10. The van der Waals surface area contributed by atoms with E-state index in [1.54, 1.807) is 0 Å². The summed E-state index contributed by atoms with van der Waals surface area (Å²) in [5, 5.41) is 0. The molecule has 1 aliphatic rings. The van der Waals surface area contributed by atoms with Gasteiger partial charge in [-0.1, -0.05) is 57.9 Å². The molecule has 0 bridgehead atoms. The van der Waals surface area contributed by atoms with E-state index in [1.807, 2.05) is 44.2 Å². The van der Waals surface area contributed by atoms with Crippen LogP contribution in [0.5, 0.6) is 0 Å². The van der Waals surface area contributed by atoms with Crippen LogP contribution in [0.25, 0.3) is 0 Å². The molecule has 2 amide bonds. The topological polar surface area (TPSA) is 46.6 Å². The van der Waals surface area contributed by atoms with Gasteiger partial charge in [-0.15, -0.1) is 0 Å². The van der Waals surface area contributed by atoms with E-state index in [2.05, 4.69) is 35.9 Å². The number of imide groups is 1. The molecule has 0 aliphatic carbocycles. The molecular formula is C21H28BrNO3. The summed E-state index contributed by atoms with van der Waals surface area (Å²) in [5.41, 5.74) is 1.64. The molecule has 0 N–H and O–H groups in total. The van der Waals surface area contributed by atoms with Crippen LogP contribution in [-0.2, 0) is 16.0 Å². The highest BCUT2D eigenvalue weighted by Gasteiger charge is 2.51. The number of carbonyl (C=O) groups excluding carboxylic acids is 2. The lowest BCUT2D eigenvalue weighted by atomic mass is 9.92. The number of benzene rings is 1. The zero-order valence-electron chi connectivity index (χ0n) is 16.0. The average molecular weight is 422 g/mol. The first-order chi connectivity index (χ1) is 12.2. The Balaban J connectivity index is 2.09. The Bertz CT molecular complexity index is 665. The second-order valence-corrected chi connectivity index (χ2v) is 8.67. The minimum Gasteiger partial charge on any atom is -0.441 e. The fourth-order valence-corrected chi connectivity index (χ4v) is 3.70. The van der Waals surface area contributed by atoms with Crippen LogP contribution in [-0.4, -0.2) is 33.4 Å². The second-order valence-electron chi connectivity index (χ2n) is 7.57. The first-order valence-electron chi connectivity index (χ1n) is 9.10. The van der Waals surface area contributed by atoms with Gasteiger partial charge in [0.15, 0.2) is 0 Å². The molecule has 26 heavy (non-hydrogen) atoms. The average Bonchev–Trinajstić information content (AvgIpc) is 2.80. The summed E-state index contributed by atoms with van der Waals surface area (Å²) in [5.74, 6) is -0.210. The van der Waals surface area contributed by atoms with E-state index < -0.39 is 11.7 Å². The number of hydrogen-bond acceptors (Lipinski definition) is 3. The van der Waals surface area contributed by atoms with E-state index in [-0.39, 0.29) is 16.8 Å². The minimum atomic E-state index is -0.711. The third-order valence-corrected chi connectivity index (χ3v) is 5.50. The van der Waals surface area contributed by atoms with Gasteiger partial charge < -0.3 is 4.74 Å². The lowest BCUT2D eigenvalue weighted by Crippen LogP contribution is -2.48. The summed E-state index contributed by atoms with van der Waals surface area (Å²) in [6.07, 6.45) is 4.71. The van der Waals surface area contributed by atoms with E-state index in [0.29, 0.717) is 12.8 Å². The van der Waals surface area contributed by atoms with Crippen LogP contribution in [0, 0.1) is 0 Å². The largest absolute Gasteiger partial charge is 0.441 e. The van der Waals surface area contributed by atoms with Gasteiger partial charge in [0.1, 0.15) is 5.60 Å². The van der Waals surface area contributed by atoms with Crippen LogP contribution >= 0.6 is 15.9 Å². The first-order valence-corrected chi connectivity index (χ1v) is 10.0. The third-order valence-electron chi connectivity index (χ3n) is 4.65. The molecule has 5 heteroatoms. The molecule has 1 unspecified atom stereocenters. The number of cyclic esters (lactones) is 1. The number of rotatable bonds is 7. The molecule has 2 rings (SSSR count). The van der Waals surface area contributed by atoms with Crippen molar-refractivity contribution in [2.24, 2.45) is 0 Å².